The first-order chi connectivity index (χ1) is 8.09. The minimum atomic E-state index is -0.178. The predicted octanol–water partition coefficient (Wildman–Crippen LogP) is 2.32. The van der Waals surface area contributed by atoms with E-state index < -0.39 is 0 Å². The molecule has 2 rings (SSSR count). The zero-order valence-electron chi connectivity index (χ0n) is 10.0. The number of amides is 1. The monoisotopic (exact) mass is 248 g/mol. The molecule has 1 aliphatic heterocycles. The Hall–Kier alpha value is -1.42. The summed E-state index contributed by atoms with van der Waals surface area (Å²) in [6, 6.07) is 9.34. The molecule has 1 saturated heterocycles. The third kappa shape index (κ3) is 2.47. The molecule has 0 spiro atoms. The van der Waals surface area contributed by atoms with Crippen molar-refractivity contribution < 1.29 is 4.79 Å². The van der Waals surface area contributed by atoms with Crippen molar-refractivity contribution in [2.45, 2.75) is 26.3 Å². The number of carbonyl (C=O) groups is 1. The molecule has 90 valence electrons. The lowest BCUT2D eigenvalue weighted by molar-refractivity contribution is -0.118. The number of thiocarbonyl (C=S) groups is 1. The Kier molecular flexibility index (Phi) is 3.43. The van der Waals surface area contributed by atoms with Gasteiger partial charge in [0.15, 0.2) is 5.11 Å². The average molecular weight is 248 g/mol. The van der Waals surface area contributed by atoms with E-state index >= 15 is 0 Å². The third-order valence-corrected chi connectivity index (χ3v) is 3.04. The predicted molar refractivity (Wildman–Crippen MR) is 72.9 cm³/mol. The first kappa shape index (κ1) is 12.0. The maximum atomic E-state index is 12.2. The summed E-state index contributed by atoms with van der Waals surface area (Å²) in [6.07, 6.45) is 0.808. The van der Waals surface area contributed by atoms with E-state index in [0.29, 0.717) is 11.0 Å². The molecular formula is C13H16N2OS. The van der Waals surface area contributed by atoms with E-state index in [1.54, 1.807) is 4.90 Å². The van der Waals surface area contributed by atoms with Gasteiger partial charge in [-0.2, -0.15) is 0 Å². The summed E-state index contributed by atoms with van der Waals surface area (Å²) in [6.45, 7) is 4.20. The van der Waals surface area contributed by atoms with Gasteiger partial charge in [-0.3, -0.25) is 9.69 Å². The van der Waals surface area contributed by atoms with Crippen molar-refractivity contribution in [1.29, 1.82) is 0 Å². The summed E-state index contributed by atoms with van der Waals surface area (Å²) < 4.78 is 0. The summed E-state index contributed by atoms with van der Waals surface area (Å²) in [5, 5.41) is 3.60. The highest BCUT2D eigenvalue weighted by Gasteiger charge is 2.36. The van der Waals surface area contributed by atoms with Gasteiger partial charge in [-0.05, 0) is 36.7 Å². The van der Waals surface area contributed by atoms with Crippen LogP contribution in [-0.4, -0.2) is 17.1 Å². The molecule has 1 unspecified atom stereocenters. The smallest absolute Gasteiger partial charge is 0.255 e. The van der Waals surface area contributed by atoms with Crippen LogP contribution in [0.15, 0.2) is 30.3 Å². The van der Waals surface area contributed by atoms with Crippen molar-refractivity contribution in [3.05, 3.63) is 30.3 Å². The number of nitrogens with zero attached hydrogens (tertiary/aromatic N) is 1. The zero-order valence-corrected chi connectivity index (χ0v) is 10.8. The summed E-state index contributed by atoms with van der Waals surface area (Å²) in [5.41, 5.74) is 0.834. The summed E-state index contributed by atoms with van der Waals surface area (Å²) in [4.78, 5) is 13.8. The van der Waals surface area contributed by atoms with Crippen molar-refractivity contribution in [3.63, 3.8) is 0 Å². The van der Waals surface area contributed by atoms with E-state index in [0.717, 1.165) is 12.1 Å². The fourth-order valence-electron chi connectivity index (χ4n) is 1.98. The third-order valence-electron chi connectivity index (χ3n) is 2.74. The summed E-state index contributed by atoms with van der Waals surface area (Å²) in [5.74, 6) is 0.518. The van der Waals surface area contributed by atoms with Crippen LogP contribution in [0.4, 0.5) is 5.69 Å². The van der Waals surface area contributed by atoms with Gasteiger partial charge in [0.05, 0.1) is 5.69 Å². The zero-order chi connectivity index (χ0) is 12.4. The van der Waals surface area contributed by atoms with Crippen LogP contribution in [0, 0.1) is 5.92 Å². The fourth-order valence-corrected chi connectivity index (χ4v) is 2.32. The SMILES string of the molecule is CC(C)CC1NC(=S)N(c2ccccc2)C1=O. The fraction of sp³-hybridized carbons (Fsp3) is 0.385. The molecule has 0 bridgehead atoms. The number of benzene rings is 1. The lowest BCUT2D eigenvalue weighted by atomic mass is 10.0. The van der Waals surface area contributed by atoms with Gasteiger partial charge in [0.25, 0.3) is 5.91 Å². The first-order valence-corrected chi connectivity index (χ1v) is 6.20. The number of para-hydroxylation sites is 1. The van der Waals surface area contributed by atoms with E-state index in [1.807, 2.05) is 30.3 Å². The quantitative estimate of drug-likeness (QED) is 0.833. The number of hydrogen-bond donors (Lipinski definition) is 1. The second kappa shape index (κ2) is 4.84. The van der Waals surface area contributed by atoms with E-state index in [4.69, 9.17) is 12.2 Å². The molecular weight excluding hydrogens is 232 g/mol. The Morgan fingerprint density at radius 2 is 2.00 bits per heavy atom. The van der Waals surface area contributed by atoms with Crippen molar-refractivity contribution in [2.24, 2.45) is 5.92 Å². The summed E-state index contributed by atoms with van der Waals surface area (Å²) in [7, 11) is 0. The van der Waals surface area contributed by atoms with Gasteiger partial charge < -0.3 is 5.32 Å². The van der Waals surface area contributed by atoms with Gasteiger partial charge in [-0.1, -0.05) is 32.0 Å². The molecule has 17 heavy (non-hydrogen) atoms. The van der Waals surface area contributed by atoms with E-state index in [9.17, 15) is 4.79 Å². The molecule has 1 heterocycles. The van der Waals surface area contributed by atoms with Gasteiger partial charge >= 0.3 is 0 Å². The van der Waals surface area contributed by atoms with Gasteiger partial charge in [-0.15, -0.1) is 0 Å². The number of rotatable bonds is 3. The number of anilines is 1. The van der Waals surface area contributed by atoms with Crippen molar-refractivity contribution in [1.82, 2.24) is 5.32 Å². The highest BCUT2D eigenvalue weighted by molar-refractivity contribution is 7.80. The Balaban J connectivity index is 2.20. The van der Waals surface area contributed by atoms with Crippen molar-refractivity contribution in [2.75, 3.05) is 4.90 Å². The molecule has 3 nitrogen and oxygen atoms in total. The largest absolute Gasteiger partial charge is 0.350 e. The molecule has 0 aliphatic carbocycles. The van der Waals surface area contributed by atoms with Crippen LogP contribution >= 0.6 is 12.2 Å². The van der Waals surface area contributed by atoms with Gasteiger partial charge in [0.2, 0.25) is 0 Å². The second-order valence-electron chi connectivity index (χ2n) is 4.64. The van der Waals surface area contributed by atoms with E-state index in [2.05, 4.69) is 19.2 Å². The number of carbonyl (C=O) groups excluding carboxylic acids is 1. The lowest BCUT2D eigenvalue weighted by Gasteiger charge is -2.14. The molecule has 1 N–H and O–H groups in total. The molecule has 0 saturated carbocycles. The molecule has 1 aromatic rings. The molecule has 0 aromatic heterocycles. The van der Waals surface area contributed by atoms with E-state index in [1.165, 1.54) is 0 Å². The Bertz CT molecular complexity index is 430. The Morgan fingerprint density at radius 1 is 1.35 bits per heavy atom. The molecule has 4 heteroatoms. The van der Waals surface area contributed by atoms with Crippen LogP contribution < -0.4 is 10.2 Å². The van der Waals surface area contributed by atoms with Gasteiger partial charge in [-0.25, -0.2) is 0 Å². The van der Waals surface area contributed by atoms with Crippen LogP contribution in [0.3, 0.4) is 0 Å². The molecule has 1 atom stereocenters. The van der Waals surface area contributed by atoms with Crippen molar-refractivity contribution >= 4 is 28.9 Å². The minimum absolute atomic E-state index is 0.0508. The van der Waals surface area contributed by atoms with E-state index in [-0.39, 0.29) is 11.9 Å². The topological polar surface area (TPSA) is 32.3 Å². The van der Waals surface area contributed by atoms with Crippen LogP contribution in [0.1, 0.15) is 20.3 Å². The molecule has 1 fully saturated rings. The maximum Gasteiger partial charge on any atom is 0.255 e. The first-order valence-electron chi connectivity index (χ1n) is 5.79. The normalized spacial score (nSPS) is 19.9. The van der Waals surface area contributed by atoms with Gasteiger partial charge in [0.1, 0.15) is 6.04 Å². The van der Waals surface area contributed by atoms with Crippen LogP contribution in [-0.2, 0) is 4.79 Å². The average Bonchev–Trinajstić information content (AvgIpc) is 2.54. The minimum Gasteiger partial charge on any atom is -0.350 e. The highest BCUT2D eigenvalue weighted by atomic mass is 32.1. The van der Waals surface area contributed by atoms with Crippen LogP contribution in [0.2, 0.25) is 0 Å². The number of nitrogens with one attached hydrogen (secondary N) is 1. The van der Waals surface area contributed by atoms with Crippen molar-refractivity contribution in [3.8, 4) is 0 Å². The molecule has 1 amide bonds. The van der Waals surface area contributed by atoms with Gasteiger partial charge in [0, 0.05) is 0 Å². The standard InChI is InChI=1S/C13H16N2OS/c1-9(2)8-11-12(16)15(13(17)14-11)10-6-4-3-5-7-10/h3-7,9,11H,8H2,1-2H3,(H,14,17). The molecule has 1 aliphatic rings. The van der Waals surface area contributed by atoms with Crippen LogP contribution in [0.5, 0.6) is 0 Å². The maximum absolute atomic E-state index is 12.2. The lowest BCUT2D eigenvalue weighted by Crippen LogP contribution is -2.31. The van der Waals surface area contributed by atoms with Crippen LogP contribution in [0.25, 0.3) is 0 Å². The summed E-state index contributed by atoms with van der Waals surface area (Å²) >= 11 is 5.22. The Labute approximate surface area is 107 Å². The second-order valence-corrected chi connectivity index (χ2v) is 5.03. The number of hydrogen-bond acceptors (Lipinski definition) is 2. The Morgan fingerprint density at radius 3 is 2.59 bits per heavy atom. The highest BCUT2D eigenvalue weighted by Crippen LogP contribution is 2.21. The molecule has 1 aromatic carbocycles. The molecule has 0 radical (unpaired) electrons.